The summed E-state index contributed by atoms with van der Waals surface area (Å²) >= 11 is 12.2. The molecule has 2 atom stereocenters. The lowest BCUT2D eigenvalue weighted by atomic mass is 9.90. The van der Waals surface area contributed by atoms with Gasteiger partial charge in [0.15, 0.2) is 0 Å². The minimum Gasteiger partial charge on any atom is -0.396 e. The predicted octanol–water partition coefficient (Wildman–Crippen LogP) is 3.72. The van der Waals surface area contributed by atoms with Gasteiger partial charge in [0.1, 0.15) is 0 Å². The Bertz CT molecular complexity index is 470. The molecule has 0 spiro atoms. The SMILES string of the molecule is Nc1c(Cl)cc(CN2CCOC3CCCCC32)cc1Cl. The molecule has 20 heavy (non-hydrogen) atoms. The molecule has 0 aromatic heterocycles. The average Bonchev–Trinajstić information content (AvgIpc) is 2.45. The molecule has 0 radical (unpaired) electrons. The van der Waals surface area contributed by atoms with Crippen LogP contribution in [0.25, 0.3) is 0 Å². The van der Waals surface area contributed by atoms with Crippen molar-refractivity contribution >= 4 is 28.9 Å². The number of nitrogens with zero attached hydrogens (tertiary/aromatic N) is 1. The monoisotopic (exact) mass is 314 g/mol. The molecule has 1 aromatic rings. The lowest BCUT2D eigenvalue weighted by molar-refractivity contribution is -0.0911. The number of ether oxygens (including phenoxy) is 1. The van der Waals surface area contributed by atoms with Crippen molar-refractivity contribution in [3.8, 4) is 0 Å². The van der Waals surface area contributed by atoms with Crippen LogP contribution in [0.5, 0.6) is 0 Å². The molecule has 3 nitrogen and oxygen atoms in total. The second kappa shape index (κ2) is 6.10. The van der Waals surface area contributed by atoms with Crippen LogP contribution in [0.3, 0.4) is 0 Å². The lowest BCUT2D eigenvalue weighted by Crippen LogP contribution is -2.52. The van der Waals surface area contributed by atoms with Gasteiger partial charge in [-0.3, -0.25) is 4.90 Å². The number of hydrogen-bond acceptors (Lipinski definition) is 3. The van der Waals surface area contributed by atoms with Gasteiger partial charge in [-0.05, 0) is 30.5 Å². The Balaban J connectivity index is 1.76. The molecule has 1 aliphatic carbocycles. The standard InChI is InChI=1S/C15H20Cl2N2O/c16-11-7-10(8-12(17)15(11)18)9-19-5-6-20-14-4-2-1-3-13(14)19/h7-8,13-14H,1-6,9,18H2. The van der Waals surface area contributed by atoms with Crippen molar-refractivity contribution in [3.63, 3.8) is 0 Å². The molecule has 2 fully saturated rings. The topological polar surface area (TPSA) is 38.5 Å². The Labute approximate surface area is 130 Å². The van der Waals surface area contributed by atoms with Crippen LogP contribution in [0.15, 0.2) is 12.1 Å². The van der Waals surface area contributed by atoms with E-state index in [0.29, 0.717) is 27.9 Å². The summed E-state index contributed by atoms with van der Waals surface area (Å²) in [4.78, 5) is 2.51. The minimum absolute atomic E-state index is 0.400. The maximum absolute atomic E-state index is 6.12. The fourth-order valence-corrected chi connectivity index (χ4v) is 3.87. The molecule has 3 rings (SSSR count). The number of rotatable bonds is 2. The van der Waals surface area contributed by atoms with Gasteiger partial charge in [0.2, 0.25) is 0 Å². The third kappa shape index (κ3) is 2.91. The number of nitrogens with two attached hydrogens (primary N) is 1. The first-order chi connectivity index (χ1) is 9.65. The molecule has 0 amide bonds. The van der Waals surface area contributed by atoms with Crippen molar-refractivity contribution in [2.45, 2.75) is 44.4 Å². The van der Waals surface area contributed by atoms with E-state index < -0.39 is 0 Å². The average molecular weight is 315 g/mol. The van der Waals surface area contributed by atoms with E-state index in [9.17, 15) is 0 Å². The lowest BCUT2D eigenvalue weighted by Gasteiger charge is -2.44. The maximum Gasteiger partial charge on any atom is 0.0731 e. The van der Waals surface area contributed by atoms with Crippen LogP contribution in [0.4, 0.5) is 5.69 Å². The van der Waals surface area contributed by atoms with Gasteiger partial charge in [0.05, 0.1) is 28.4 Å². The van der Waals surface area contributed by atoms with E-state index in [2.05, 4.69) is 4.90 Å². The zero-order chi connectivity index (χ0) is 14.1. The van der Waals surface area contributed by atoms with Crippen molar-refractivity contribution < 1.29 is 4.74 Å². The van der Waals surface area contributed by atoms with Gasteiger partial charge in [-0.1, -0.05) is 36.0 Å². The quantitative estimate of drug-likeness (QED) is 0.845. The number of nitrogen functional groups attached to an aromatic ring is 1. The molecule has 2 N–H and O–H groups in total. The third-order valence-corrected chi connectivity index (χ3v) is 5.00. The maximum atomic E-state index is 6.12. The number of halogens is 2. The summed E-state index contributed by atoms with van der Waals surface area (Å²) in [6, 6.07) is 4.39. The van der Waals surface area contributed by atoms with Crippen molar-refractivity contribution in [3.05, 3.63) is 27.7 Å². The molecule has 1 saturated heterocycles. The van der Waals surface area contributed by atoms with Crippen LogP contribution in [0.1, 0.15) is 31.2 Å². The third-order valence-electron chi connectivity index (χ3n) is 4.37. The highest BCUT2D eigenvalue weighted by Crippen LogP contribution is 2.32. The molecule has 1 aromatic carbocycles. The van der Waals surface area contributed by atoms with Gasteiger partial charge in [0, 0.05) is 19.1 Å². The van der Waals surface area contributed by atoms with E-state index in [-0.39, 0.29) is 0 Å². The number of fused-ring (bicyclic) bond motifs is 1. The Morgan fingerprint density at radius 3 is 2.65 bits per heavy atom. The van der Waals surface area contributed by atoms with E-state index in [1.165, 1.54) is 25.7 Å². The van der Waals surface area contributed by atoms with Gasteiger partial charge >= 0.3 is 0 Å². The fraction of sp³-hybridized carbons (Fsp3) is 0.600. The van der Waals surface area contributed by atoms with Gasteiger partial charge in [0.25, 0.3) is 0 Å². The van der Waals surface area contributed by atoms with Crippen LogP contribution in [0.2, 0.25) is 10.0 Å². The van der Waals surface area contributed by atoms with Crippen LogP contribution in [-0.2, 0) is 11.3 Å². The largest absolute Gasteiger partial charge is 0.396 e. The van der Waals surface area contributed by atoms with Crippen LogP contribution in [0, 0.1) is 0 Å². The van der Waals surface area contributed by atoms with Gasteiger partial charge in [-0.15, -0.1) is 0 Å². The van der Waals surface area contributed by atoms with Gasteiger partial charge < -0.3 is 10.5 Å². The summed E-state index contributed by atoms with van der Waals surface area (Å²) in [5.74, 6) is 0. The first-order valence-electron chi connectivity index (χ1n) is 7.24. The van der Waals surface area contributed by atoms with Crippen LogP contribution in [-0.4, -0.2) is 30.2 Å². The molecule has 0 bridgehead atoms. The molecule has 1 saturated carbocycles. The van der Waals surface area contributed by atoms with Crippen molar-refractivity contribution in [1.29, 1.82) is 0 Å². The Kier molecular flexibility index (Phi) is 4.41. The summed E-state index contributed by atoms with van der Waals surface area (Å²) < 4.78 is 5.90. The van der Waals surface area contributed by atoms with E-state index in [0.717, 1.165) is 25.3 Å². The first-order valence-corrected chi connectivity index (χ1v) is 8.00. The molecule has 110 valence electrons. The minimum atomic E-state index is 0.400. The van der Waals surface area contributed by atoms with Crippen molar-refractivity contribution in [1.82, 2.24) is 4.90 Å². The smallest absolute Gasteiger partial charge is 0.0731 e. The number of morpholine rings is 1. The molecular weight excluding hydrogens is 295 g/mol. The summed E-state index contributed by atoms with van der Waals surface area (Å²) in [6.45, 7) is 2.66. The van der Waals surface area contributed by atoms with Gasteiger partial charge in [-0.2, -0.15) is 0 Å². The summed E-state index contributed by atoms with van der Waals surface area (Å²) in [5, 5.41) is 1.09. The van der Waals surface area contributed by atoms with Crippen LogP contribution >= 0.6 is 23.2 Å². The summed E-state index contributed by atoms with van der Waals surface area (Å²) in [7, 11) is 0. The highest BCUT2D eigenvalue weighted by Gasteiger charge is 2.34. The van der Waals surface area contributed by atoms with E-state index in [1.807, 2.05) is 12.1 Å². The Hall–Kier alpha value is -0.480. The van der Waals surface area contributed by atoms with Gasteiger partial charge in [-0.25, -0.2) is 0 Å². The summed E-state index contributed by atoms with van der Waals surface area (Å²) in [6.07, 6.45) is 5.39. The fourth-order valence-electron chi connectivity index (χ4n) is 3.34. The number of hydrogen-bond donors (Lipinski definition) is 1. The second-order valence-corrected chi connectivity index (χ2v) is 6.52. The molecule has 2 unspecified atom stereocenters. The number of benzene rings is 1. The van der Waals surface area contributed by atoms with E-state index in [4.69, 9.17) is 33.7 Å². The highest BCUT2D eigenvalue weighted by atomic mass is 35.5. The van der Waals surface area contributed by atoms with Crippen molar-refractivity contribution in [2.24, 2.45) is 0 Å². The zero-order valence-corrected chi connectivity index (χ0v) is 13.0. The van der Waals surface area contributed by atoms with Crippen molar-refractivity contribution in [2.75, 3.05) is 18.9 Å². The molecule has 1 aliphatic heterocycles. The molecule has 1 heterocycles. The molecule has 2 aliphatic rings. The zero-order valence-electron chi connectivity index (χ0n) is 11.4. The molecule has 5 heteroatoms. The normalized spacial score (nSPS) is 27.3. The summed E-state index contributed by atoms with van der Waals surface area (Å²) in [5.41, 5.74) is 7.39. The van der Waals surface area contributed by atoms with E-state index >= 15 is 0 Å². The van der Waals surface area contributed by atoms with Crippen LogP contribution < -0.4 is 5.73 Å². The highest BCUT2D eigenvalue weighted by molar-refractivity contribution is 6.38. The first kappa shape index (κ1) is 14.5. The van der Waals surface area contributed by atoms with E-state index in [1.54, 1.807) is 0 Å². The molecular formula is C15H20Cl2N2O. The number of anilines is 1. The Morgan fingerprint density at radius 1 is 1.20 bits per heavy atom. The Morgan fingerprint density at radius 2 is 1.90 bits per heavy atom. The second-order valence-electron chi connectivity index (χ2n) is 5.70. The predicted molar refractivity (Wildman–Crippen MR) is 83.3 cm³/mol.